The van der Waals surface area contributed by atoms with Gasteiger partial charge < -0.3 is 10.1 Å². The monoisotopic (exact) mass is 317 g/mol. The molecule has 1 heterocycles. The number of ether oxygens (including phenoxy) is 1. The maximum atomic E-state index is 5.70. The Morgan fingerprint density at radius 3 is 2.68 bits per heavy atom. The lowest BCUT2D eigenvalue weighted by Crippen LogP contribution is -2.28. The predicted octanol–water partition coefficient (Wildman–Crippen LogP) is 4.62. The fourth-order valence-corrected chi connectivity index (χ4v) is 2.62. The van der Waals surface area contributed by atoms with Crippen LogP contribution in [-0.4, -0.2) is 12.6 Å². The van der Waals surface area contributed by atoms with Gasteiger partial charge in [0.25, 0.3) is 0 Å². The van der Waals surface area contributed by atoms with Crippen LogP contribution in [0.15, 0.2) is 40.9 Å². The molecule has 2 aromatic rings. The molecule has 0 aromatic heterocycles. The van der Waals surface area contributed by atoms with Gasteiger partial charge in [-0.25, -0.2) is 0 Å². The van der Waals surface area contributed by atoms with E-state index in [1.54, 1.807) is 0 Å². The molecule has 1 aliphatic heterocycles. The van der Waals surface area contributed by atoms with Crippen molar-refractivity contribution in [2.24, 2.45) is 0 Å². The number of halogens is 1. The van der Waals surface area contributed by atoms with Gasteiger partial charge in [0.15, 0.2) is 0 Å². The molecule has 2 nitrogen and oxygen atoms in total. The fraction of sp³-hybridized carbons (Fsp3) is 0.250. The van der Waals surface area contributed by atoms with E-state index in [1.165, 1.54) is 16.7 Å². The molecular formula is C16H16BrNO. The van der Waals surface area contributed by atoms with Crippen LogP contribution in [0, 0.1) is 6.92 Å². The second-order valence-electron chi connectivity index (χ2n) is 5.03. The Morgan fingerprint density at radius 2 is 1.89 bits per heavy atom. The highest BCUT2D eigenvalue weighted by molar-refractivity contribution is 9.10. The van der Waals surface area contributed by atoms with Crippen molar-refractivity contribution in [1.29, 1.82) is 0 Å². The molecule has 0 saturated carbocycles. The largest absolute Gasteiger partial charge is 0.489 e. The predicted molar refractivity (Wildman–Crippen MR) is 82.9 cm³/mol. The zero-order valence-electron chi connectivity index (χ0n) is 11.0. The molecule has 0 spiro atoms. The lowest BCUT2D eigenvalue weighted by Gasteiger charge is -2.25. The summed E-state index contributed by atoms with van der Waals surface area (Å²) in [7, 11) is 0. The van der Waals surface area contributed by atoms with Gasteiger partial charge >= 0.3 is 0 Å². The van der Waals surface area contributed by atoms with Gasteiger partial charge in [0.05, 0.1) is 11.7 Å². The van der Waals surface area contributed by atoms with Gasteiger partial charge in [-0.2, -0.15) is 0 Å². The van der Waals surface area contributed by atoms with E-state index in [0.29, 0.717) is 6.04 Å². The van der Waals surface area contributed by atoms with Crippen LogP contribution >= 0.6 is 15.9 Å². The molecule has 0 amide bonds. The third-order valence-corrected chi connectivity index (χ3v) is 4.23. The maximum Gasteiger partial charge on any atom is 0.142 e. The Labute approximate surface area is 121 Å². The Bertz CT molecular complexity index is 624. The highest BCUT2D eigenvalue weighted by atomic mass is 79.9. The van der Waals surface area contributed by atoms with E-state index in [0.717, 1.165) is 22.5 Å². The number of benzene rings is 2. The second kappa shape index (κ2) is 4.89. The minimum absolute atomic E-state index is 0.354. The van der Waals surface area contributed by atoms with Gasteiger partial charge in [-0.05, 0) is 48.7 Å². The van der Waals surface area contributed by atoms with E-state index in [1.807, 2.05) is 6.07 Å². The molecule has 0 saturated heterocycles. The average Bonchev–Trinajstić information content (AvgIpc) is 2.41. The minimum atomic E-state index is 0.354. The van der Waals surface area contributed by atoms with Gasteiger partial charge in [-0.15, -0.1) is 0 Å². The summed E-state index contributed by atoms with van der Waals surface area (Å²) >= 11 is 3.59. The molecule has 19 heavy (non-hydrogen) atoms. The van der Waals surface area contributed by atoms with Crippen LogP contribution in [0.3, 0.4) is 0 Å². The van der Waals surface area contributed by atoms with Crippen molar-refractivity contribution in [3.05, 3.63) is 46.4 Å². The van der Waals surface area contributed by atoms with Gasteiger partial charge in [-0.1, -0.05) is 34.1 Å². The summed E-state index contributed by atoms with van der Waals surface area (Å²) in [5.74, 6) is 0.938. The minimum Gasteiger partial charge on any atom is -0.489 e. The first-order chi connectivity index (χ1) is 9.13. The third-order valence-electron chi connectivity index (χ3n) is 3.38. The molecule has 1 unspecified atom stereocenters. The van der Waals surface area contributed by atoms with E-state index >= 15 is 0 Å². The van der Waals surface area contributed by atoms with Crippen LogP contribution in [0.1, 0.15) is 12.5 Å². The highest BCUT2D eigenvalue weighted by Gasteiger charge is 2.15. The summed E-state index contributed by atoms with van der Waals surface area (Å²) in [6.45, 7) is 4.94. The molecule has 1 aliphatic rings. The van der Waals surface area contributed by atoms with Gasteiger partial charge in [0.1, 0.15) is 12.4 Å². The lowest BCUT2D eigenvalue weighted by molar-refractivity contribution is 0.292. The summed E-state index contributed by atoms with van der Waals surface area (Å²) in [5, 5.41) is 3.46. The lowest BCUT2D eigenvalue weighted by atomic mass is 10.0. The summed E-state index contributed by atoms with van der Waals surface area (Å²) in [5.41, 5.74) is 4.73. The summed E-state index contributed by atoms with van der Waals surface area (Å²) in [4.78, 5) is 0. The van der Waals surface area contributed by atoms with Gasteiger partial charge in [0.2, 0.25) is 0 Å². The van der Waals surface area contributed by atoms with E-state index in [-0.39, 0.29) is 0 Å². The summed E-state index contributed by atoms with van der Waals surface area (Å²) < 4.78 is 6.84. The number of nitrogens with one attached hydrogen (secondary N) is 1. The number of hydrogen-bond donors (Lipinski definition) is 1. The van der Waals surface area contributed by atoms with Gasteiger partial charge in [0, 0.05) is 4.47 Å². The van der Waals surface area contributed by atoms with Crippen LogP contribution in [-0.2, 0) is 0 Å². The molecular weight excluding hydrogens is 302 g/mol. The van der Waals surface area contributed by atoms with Crippen molar-refractivity contribution in [2.45, 2.75) is 19.9 Å². The van der Waals surface area contributed by atoms with Crippen molar-refractivity contribution in [3.8, 4) is 16.9 Å². The summed E-state index contributed by atoms with van der Waals surface area (Å²) in [6.07, 6.45) is 0. The SMILES string of the molecule is Cc1ccc(-c2ccc3c(c2)NC(C)CO3)cc1Br. The Hall–Kier alpha value is -1.48. The third kappa shape index (κ3) is 2.47. The number of rotatable bonds is 1. The van der Waals surface area contributed by atoms with E-state index < -0.39 is 0 Å². The van der Waals surface area contributed by atoms with Crippen molar-refractivity contribution in [1.82, 2.24) is 0 Å². The molecule has 0 bridgehead atoms. The Morgan fingerprint density at radius 1 is 1.16 bits per heavy atom. The quantitative estimate of drug-likeness (QED) is 0.828. The average molecular weight is 318 g/mol. The molecule has 3 heteroatoms. The second-order valence-corrected chi connectivity index (χ2v) is 5.89. The van der Waals surface area contributed by atoms with Crippen LogP contribution in [0.4, 0.5) is 5.69 Å². The first-order valence-corrected chi connectivity index (χ1v) is 7.23. The Kier molecular flexibility index (Phi) is 3.23. The zero-order chi connectivity index (χ0) is 13.4. The van der Waals surface area contributed by atoms with Gasteiger partial charge in [-0.3, -0.25) is 0 Å². The number of anilines is 1. The molecule has 2 aromatic carbocycles. The number of aryl methyl sites for hydroxylation is 1. The first-order valence-electron chi connectivity index (χ1n) is 6.43. The van der Waals surface area contributed by atoms with E-state index in [9.17, 15) is 0 Å². The van der Waals surface area contributed by atoms with Crippen LogP contribution in [0.5, 0.6) is 5.75 Å². The fourth-order valence-electron chi connectivity index (χ4n) is 2.24. The standard InChI is InChI=1S/C16H16BrNO/c1-10-3-4-12(7-14(10)17)13-5-6-16-15(8-13)18-11(2)9-19-16/h3-8,11,18H,9H2,1-2H3. The van der Waals surface area contributed by atoms with Crippen molar-refractivity contribution in [2.75, 3.05) is 11.9 Å². The molecule has 0 radical (unpaired) electrons. The molecule has 98 valence electrons. The normalized spacial score (nSPS) is 17.3. The number of fused-ring (bicyclic) bond motifs is 1. The van der Waals surface area contributed by atoms with Crippen LogP contribution in [0.2, 0.25) is 0 Å². The molecule has 1 N–H and O–H groups in total. The van der Waals surface area contributed by atoms with Crippen molar-refractivity contribution >= 4 is 21.6 Å². The molecule has 1 atom stereocenters. The highest BCUT2D eigenvalue weighted by Crippen LogP contribution is 2.34. The zero-order valence-corrected chi connectivity index (χ0v) is 12.6. The molecule has 0 aliphatic carbocycles. The van der Waals surface area contributed by atoms with Crippen LogP contribution in [0.25, 0.3) is 11.1 Å². The molecule has 0 fully saturated rings. The molecule has 3 rings (SSSR count). The number of hydrogen-bond acceptors (Lipinski definition) is 2. The van der Waals surface area contributed by atoms with E-state index in [4.69, 9.17) is 4.74 Å². The summed E-state index contributed by atoms with van der Waals surface area (Å²) in [6, 6.07) is 13.1. The van der Waals surface area contributed by atoms with E-state index in [2.05, 4.69) is 65.4 Å². The smallest absolute Gasteiger partial charge is 0.142 e. The topological polar surface area (TPSA) is 21.3 Å². The van der Waals surface area contributed by atoms with Crippen LogP contribution < -0.4 is 10.1 Å². The first kappa shape index (κ1) is 12.5. The van der Waals surface area contributed by atoms with Crippen molar-refractivity contribution in [3.63, 3.8) is 0 Å². The Balaban J connectivity index is 2.01. The maximum absolute atomic E-state index is 5.70. The van der Waals surface area contributed by atoms with Crippen molar-refractivity contribution < 1.29 is 4.74 Å².